The van der Waals surface area contributed by atoms with Gasteiger partial charge in [-0.15, -0.1) is 0 Å². The molecule has 0 aromatic rings. The Morgan fingerprint density at radius 3 is 1.36 bits per heavy atom. The molecule has 0 spiro atoms. The number of rotatable bonds is 44. The first-order valence-electron chi connectivity index (χ1n) is 26.2. The highest BCUT2D eigenvalue weighted by molar-refractivity contribution is 5.76. The number of hydrogen-bond acceptors (Lipinski definition) is 9. The second-order valence-electron chi connectivity index (χ2n) is 19.1. The molecule has 1 amide bonds. The third-order valence-corrected chi connectivity index (χ3v) is 13.3. The summed E-state index contributed by atoms with van der Waals surface area (Å²) in [5.41, 5.74) is 0. The molecule has 1 aliphatic rings. The molecule has 1 fully saturated rings. The number of aliphatic hydroxyl groups excluding tert-OH is 6. The molecule has 0 aromatic carbocycles. The monoisotopic (exact) mass is 872 g/mol. The Bertz CT molecular complexity index is 957. The molecule has 10 heteroatoms. The maximum absolute atomic E-state index is 13.0. The lowest BCUT2D eigenvalue weighted by Crippen LogP contribution is -2.60. The van der Waals surface area contributed by atoms with Gasteiger partial charge in [-0.3, -0.25) is 4.79 Å². The van der Waals surface area contributed by atoms with Crippen molar-refractivity contribution >= 4 is 5.91 Å². The minimum absolute atomic E-state index is 0.253. The van der Waals surface area contributed by atoms with E-state index in [-0.39, 0.29) is 18.9 Å². The van der Waals surface area contributed by atoms with E-state index in [2.05, 4.69) is 26.1 Å². The van der Waals surface area contributed by atoms with Gasteiger partial charge in [0.15, 0.2) is 6.29 Å². The normalized spacial score (nSPS) is 21.4. The van der Waals surface area contributed by atoms with Crippen LogP contribution in [-0.2, 0) is 14.3 Å². The first-order chi connectivity index (χ1) is 29.7. The Labute approximate surface area is 375 Å². The third kappa shape index (κ3) is 30.8. The summed E-state index contributed by atoms with van der Waals surface area (Å²) in [4.78, 5) is 13.0. The number of nitrogens with one attached hydrogen (secondary N) is 1. The van der Waals surface area contributed by atoms with Gasteiger partial charge in [0.2, 0.25) is 5.91 Å². The molecule has 1 unspecified atom stereocenters. The fourth-order valence-corrected chi connectivity index (χ4v) is 8.71. The fourth-order valence-electron chi connectivity index (χ4n) is 8.71. The third-order valence-electron chi connectivity index (χ3n) is 13.3. The van der Waals surface area contributed by atoms with Crippen molar-refractivity contribution < 1.29 is 44.9 Å². The van der Waals surface area contributed by atoms with Crippen LogP contribution in [0.15, 0.2) is 0 Å². The SMILES string of the molecule is CCCCCCCCCCCCCCCCCCCCCCCCCC(=O)N[C@@H](CO[C@H]1O[C@H](CO)[C@H](O)[C@H](O)[C@H]1O)[C@H](O)[C@H](O)CCCCCCCCCCCC(C)CC. The average Bonchev–Trinajstić information content (AvgIpc) is 3.26. The van der Waals surface area contributed by atoms with Gasteiger partial charge in [-0.2, -0.15) is 0 Å². The van der Waals surface area contributed by atoms with Gasteiger partial charge in [0.05, 0.1) is 25.4 Å². The summed E-state index contributed by atoms with van der Waals surface area (Å²) in [7, 11) is 0. The Morgan fingerprint density at radius 2 is 0.951 bits per heavy atom. The molecule has 1 saturated heterocycles. The molecule has 7 N–H and O–H groups in total. The van der Waals surface area contributed by atoms with E-state index in [4.69, 9.17) is 9.47 Å². The zero-order valence-corrected chi connectivity index (χ0v) is 40.0. The highest BCUT2D eigenvalue weighted by Gasteiger charge is 2.44. The molecule has 0 saturated carbocycles. The number of hydrogen-bond donors (Lipinski definition) is 7. The topological polar surface area (TPSA) is 169 Å². The van der Waals surface area contributed by atoms with Crippen LogP contribution in [0.1, 0.15) is 252 Å². The molecule has 61 heavy (non-hydrogen) atoms. The van der Waals surface area contributed by atoms with Gasteiger partial charge in [0, 0.05) is 6.42 Å². The van der Waals surface area contributed by atoms with Crippen molar-refractivity contribution in [2.45, 2.75) is 301 Å². The summed E-state index contributed by atoms with van der Waals surface area (Å²) in [6, 6.07) is -0.986. The summed E-state index contributed by atoms with van der Waals surface area (Å²) < 4.78 is 11.2. The summed E-state index contributed by atoms with van der Waals surface area (Å²) in [6.45, 7) is 5.97. The van der Waals surface area contributed by atoms with E-state index in [1.165, 1.54) is 173 Å². The second-order valence-corrected chi connectivity index (χ2v) is 19.1. The van der Waals surface area contributed by atoms with E-state index in [1.807, 2.05) is 0 Å². The number of carbonyl (C=O) groups excluding carboxylic acids is 1. The number of carbonyl (C=O) groups is 1. The summed E-state index contributed by atoms with van der Waals surface area (Å²) >= 11 is 0. The molecule has 0 bridgehead atoms. The van der Waals surface area contributed by atoms with Crippen molar-refractivity contribution in [1.82, 2.24) is 5.32 Å². The second kappa shape index (κ2) is 40.6. The highest BCUT2D eigenvalue weighted by Crippen LogP contribution is 2.23. The van der Waals surface area contributed by atoms with Gasteiger partial charge in [0.25, 0.3) is 0 Å². The van der Waals surface area contributed by atoms with E-state index in [9.17, 15) is 35.4 Å². The Hall–Kier alpha value is -0.850. The Morgan fingerprint density at radius 1 is 0.557 bits per heavy atom. The smallest absolute Gasteiger partial charge is 0.220 e. The molecule has 1 rings (SSSR count). The van der Waals surface area contributed by atoms with Gasteiger partial charge in [-0.1, -0.05) is 233 Å². The van der Waals surface area contributed by atoms with Gasteiger partial charge in [-0.05, 0) is 18.8 Å². The minimum Gasteiger partial charge on any atom is -0.394 e. The predicted octanol–water partition coefficient (Wildman–Crippen LogP) is 10.7. The van der Waals surface area contributed by atoms with Crippen LogP contribution in [0.2, 0.25) is 0 Å². The van der Waals surface area contributed by atoms with Crippen LogP contribution in [0, 0.1) is 5.92 Å². The molecular formula is C51H101NO9. The quantitative estimate of drug-likeness (QED) is 0.0295. The highest BCUT2D eigenvalue weighted by atomic mass is 16.7. The van der Waals surface area contributed by atoms with Crippen LogP contribution in [0.25, 0.3) is 0 Å². The molecule has 364 valence electrons. The lowest BCUT2D eigenvalue weighted by molar-refractivity contribution is -0.303. The van der Waals surface area contributed by atoms with E-state index in [0.29, 0.717) is 6.42 Å². The van der Waals surface area contributed by atoms with Crippen LogP contribution in [0.3, 0.4) is 0 Å². The zero-order valence-electron chi connectivity index (χ0n) is 40.0. The number of ether oxygens (including phenoxy) is 2. The molecule has 1 aliphatic heterocycles. The van der Waals surface area contributed by atoms with Crippen LogP contribution < -0.4 is 5.32 Å². The molecule has 0 aliphatic carbocycles. The van der Waals surface area contributed by atoms with Gasteiger partial charge in [-0.25, -0.2) is 0 Å². The molecule has 9 atom stereocenters. The van der Waals surface area contributed by atoms with Crippen LogP contribution in [0.4, 0.5) is 0 Å². The number of unbranched alkanes of at least 4 members (excludes halogenated alkanes) is 30. The maximum atomic E-state index is 13.0. The number of amides is 1. The van der Waals surface area contributed by atoms with E-state index < -0.39 is 55.6 Å². The van der Waals surface area contributed by atoms with Crippen molar-refractivity contribution in [1.29, 1.82) is 0 Å². The van der Waals surface area contributed by atoms with E-state index in [0.717, 1.165) is 50.9 Å². The van der Waals surface area contributed by atoms with E-state index >= 15 is 0 Å². The van der Waals surface area contributed by atoms with Gasteiger partial charge < -0.3 is 45.4 Å². The summed E-state index contributed by atoms with van der Waals surface area (Å²) in [5, 5.41) is 65.3. The van der Waals surface area contributed by atoms with Crippen molar-refractivity contribution in [3.8, 4) is 0 Å². The van der Waals surface area contributed by atoms with Gasteiger partial charge >= 0.3 is 0 Å². The van der Waals surface area contributed by atoms with Gasteiger partial charge in [0.1, 0.15) is 30.5 Å². The van der Waals surface area contributed by atoms with Crippen molar-refractivity contribution in [3.63, 3.8) is 0 Å². The van der Waals surface area contributed by atoms with Crippen LogP contribution in [0.5, 0.6) is 0 Å². The lowest BCUT2D eigenvalue weighted by atomic mass is 9.98. The molecule has 0 aromatic heterocycles. The van der Waals surface area contributed by atoms with Crippen LogP contribution >= 0.6 is 0 Å². The summed E-state index contributed by atoms with van der Waals surface area (Å²) in [6.07, 6.45) is 34.0. The fraction of sp³-hybridized carbons (Fsp3) is 0.980. The zero-order chi connectivity index (χ0) is 44.8. The largest absolute Gasteiger partial charge is 0.394 e. The Kier molecular flexibility index (Phi) is 38.8. The minimum atomic E-state index is -1.60. The first kappa shape index (κ1) is 58.2. The van der Waals surface area contributed by atoms with Crippen molar-refractivity contribution in [2.24, 2.45) is 5.92 Å². The maximum Gasteiger partial charge on any atom is 0.220 e. The van der Waals surface area contributed by atoms with Crippen molar-refractivity contribution in [3.05, 3.63) is 0 Å². The molecule has 10 nitrogen and oxygen atoms in total. The van der Waals surface area contributed by atoms with Crippen LogP contribution in [-0.4, -0.2) is 98.7 Å². The summed E-state index contributed by atoms with van der Waals surface area (Å²) in [5.74, 6) is 0.574. The van der Waals surface area contributed by atoms with Crippen molar-refractivity contribution in [2.75, 3.05) is 13.2 Å². The predicted molar refractivity (Wildman–Crippen MR) is 250 cm³/mol. The Balaban J connectivity index is 2.27. The molecule has 1 heterocycles. The van der Waals surface area contributed by atoms with E-state index in [1.54, 1.807) is 0 Å². The first-order valence-corrected chi connectivity index (χ1v) is 26.2. The number of aliphatic hydroxyl groups is 6. The average molecular weight is 872 g/mol. The lowest BCUT2D eigenvalue weighted by Gasteiger charge is -2.40. The molecular weight excluding hydrogens is 771 g/mol. The molecule has 0 radical (unpaired) electrons. The standard InChI is InChI=1S/C51H101NO9/c1-4-6-7-8-9-10-11-12-13-14-15-16-17-18-19-20-21-22-23-27-30-33-36-39-46(55)52-43(41-60-51-50(59)49(58)48(57)45(40-53)61-51)47(56)44(54)38-35-32-29-26-24-25-28-31-34-37-42(3)5-2/h42-45,47-51,53-54,56-59H,4-41H2,1-3H3,(H,52,55)/t42?,43-,44+,45+,47-,48-,49-,50+,51-/m0/s1.